The van der Waals surface area contributed by atoms with E-state index in [1.807, 2.05) is 6.07 Å². The van der Waals surface area contributed by atoms with Crippen molar-refractivity contribution in [1.82, 2.24) is 0 Å². The summed E-state index contributed by atoms with van der Waals surface area (Å²) < 4.78 is 18.5. The van der Waals surface area contributed by atoms with E-state index in [-0.39, 0.29) is 16.9 Å². The third-order valence-electron chi connectivity index (χ3n) is 2.84. The van der Waals surface area contributed by atoms with Gasteiger partial charge in [-0.2, -0.15) is 5.26 Å². The van der Waals surface area contributed by atoms with Gasteiger partial charge in [0.1, 0.15) is 5.82 Å². The summed E-state index contributed by atoms with van der Waals surface area (Å²) in [6, 6.07) is 10.8. The molecule has 0 atom stereocenters. The summed E-state index contributed by atoms with van der Waals surface area (Å²) in [5.74, 6) is -1.24. The minimum atomic E-state index is -0.643. The molecule has 0 saturated carbocycles. The van der Waals surface area contributed by atoms with Crippen LogP contribution in [0.1, 0.15) is 15.9 Å². The highest BCUT2D eigenvalue weighted by molar-refractivity contribution is 5.96. The lowest BCUT2D eigenvalue weighted by molar-refractivity contribution is 0.0602. The third kappa shape index (κ3) is 3.09. The van der Waals surface area contributed by atoms with Crippen LogP contribution in [-0.4, -0.2) is 13.1 Å². The highest BCUT2D eigenvalue weighted by atomic mass is 19.1. The zero-order valence-corrected chi connectivity index (χ0v) is 11.2. The first-order valence-electron chi connectivity index (χ1n) is 5.99. The summed E-state index contributed by atoms with van der Waals surface area (Å²) in [7, 11) is 1.22. The summed E-state index contributed by atoms with van der Waals surface area (Å²) in [6.07, 6.45) is 0. The molecule has 2 rings (SSSR count). The monoisotopic (exact) mass is 285 g/mol. The van der Waals surface area contributed by atoms with Gasteiger partial charge in [-0.05, 0) is 36.4 Å². The Kier molecular flexibility index (Phi) is 4.05. The molecule has 0 aliphatic rings. The molecule has 0 unspecified atom stereocenters. The molecule has 0 aliphatic heterocycles. The number of nitriles is 1. The number of hydrogen-bond donors (Lipinski definition) is 2. The topological polar surface area (TPSA) is 88.1 Å². The summed E-state index contributed by atoms with van der Waals surface area (Å²) in [5, 5.41) is 11.5. The van der Waals surface area contributed by atoms with Crippen molar-refractivity contribution < 1.29 is 13.9 Å². The molecular weight excluding hydrogens is 273 g/mol. The summed E-state index contributed by atoms with van der Waals surface area (Å²) in [6.45, 7) is 0. The Morgan fingerprint density at radius 2 is 2.00 bits per heavy atom. The van der Waals surface area contributed by atoms with E-state index in [0.717, 1.165) is 6.07 Å². The lowest BCUT2D eigenvalue weighted by atomic mass is 10.1. The van der Waals surface area contributed by atoms with E-state index in [1.165, 1.54) is 13.2 Å². The Balaban J connectivity index is 2.34. The second-order valence-electron chi connectivity index (χ2n) is 4.23. The number of esters is 1. The first-order chi connectivity index (χ1) is 10.0. The number of nitrogen functional groups attached to an aromatic ring is 1. The number of methoxy groups -OCH3 is 1. The molecule has 0 heterocycles. The fourth-order valence-corrected chi connectivity index (χ4v) is 1.75. The van der Waals surface area contributed by atoms with Gasteiger partial charge in [0.05, 0.1) is 30.0 Å². The standard InChI is InChI=1S/C15H12FN3O2/c1-21-15(20)11-6-14(12(16)7-13(11)18)19-10-4-2-9(8-17)3-5-10/h2-7,19H,18H2,1H3. The van der Waals surface area contributed by atoms with Crippen LogP contribution in [0.3, 0.4) is 0 Å². The van der Waals surface area contributed by atoms with Crippen molar-refractivity contribution in [1.29, 1.82) is 5.26 Å². The van der Waals surface area contributed by atoms with Gasteiger partial charge >= 0.3 is 5.97 Å². The molecule has 0 spiro atoms. The number of anilines is 3. The van der Waals surface area contributed by atoms with E-state index in [1.54, 1.807) is 24.3 Å². The summed E-state index contributed by atoms with van der Waals surface area (Å²) in [5.41, 5.74) is 6.84. The molecule has 6 heteroatoms. The van der Waals surface area contributed by atoms with Gasteiger partial charge in [-0.3, -0.25) is 0 Å². The van der Waals surface area contributed by atoms with E-state index >= 15 is 0 Å². The summed E-state index contributed by atoms with van der Waals surface area (Å²) >= 11 is 0. The maximum absolute atomic E-state index is 13.9. The predicted molar refractivity (Wildman–Crippen MR) is 76.6 cm³/mol. The molecule has 0 aromatic heterocycles. The van der Waals surface area contributed by atoms with Crippen molar-refractivity contribution in [3.63, 3.8) is 0 Å². The summed E-state index contributed by atoms with van der Waals surface area (Å²) in [4.78, 5) is 11.5. The van der Waals surface area contributed by atoms with Crippen molar-refractivity contribution in [2.75, 3.05) is 18.2 Å². The Hall–Kier alpha value is -3.07. The van der Waals surface area contributed by atoms with Gasteiger partial charge in [-0.25, -0.2) is 9.18 Å². The maximum atomic E-state index is 13.9. The van der Waals surface area contributed by atoms with Crippen LogP contribution >= 0.6 is 0 Å². The van der Waals surface area contributed by atoms with Gasteiger partial charge in [0.2, 0.25) is 0 Å². The van der Waals surface area contributed by atoms with Crippen molar-refractivity contribution in [3.8, 4) is 6.07 Å². The number of ether oxygens (including phenoxy) is 1. The first kappa shape index (κ1) is 14.3. The van der Waals surface area contributed by atoms with Crippen LogP contribution in [0.5, 0.6) is 0 Å². The lowest BCUT2D eigenvalue weighted by Gasteiger charge is -2.11. The second kappa shape index (κ2) is 5.92. The van der Waals surface area contributed by atoms with Crippen molar-refractivity contribution in [2.24, 2.45) is 0 Å². The van der Waals surface area contributed by atoms with Gasteiger partial charge in [0.25, 0.3) is 0 Å². The molecule has 3 N–H and O–H groups in total. The van der Waals surface area contributed by atoms with Crippen molar-refractivity contribution >= 4 is 23.0 Å². The molecule has 2 aromatic carbocycles. The lowest BCUT2D eigenvalue weighted by Crippen LogP contribution is -2.07. The number of hydrogen-bond acceptors (Lipinski definition) is 5. The number of carbonyl (C=O) groups is 1. The molecule has 0 fully saturated rings. The SMILES string of the molecule is COC(=O)c1cc(Nc2ccc(C#N)cc2)c(F)cc1N. The zero-order valence-electron chi connectivity index (χ0n) is 11.2. The van der Waals surface area contributed by atoms with E-state index in [4.69, 9.17) is 11.0 Å². The first-order valence-corrected chi connectivity index (χ1v) is 5.99. The van der Waals surface area contributed by atoms with Crippen LogP contribution in [0.15, 0.2) is 36.4 Å². The number of carbonyl (C=O) groups excluding carboxylic acids is 1. The highest BCUT2D eigenvalue weighted by Crippen LogP contribution is 2.26. The number of halogens is 1. The number of rotatable bonds is 3. The van der Waals surface area contributed by atoms with Crippen LogP contribution in [0.25, 0.3) is 0 Å². The number of nitrogens with one attached hydrogen (secondary N) is 1. The van der Waals surface area contributed by atoms with E-state index < -0.39 is 11.8 Å². The molecule has 0 radical (unpaired) electrons. The quantitative estimate of drug-likeness (QED) is 0.668. The van der Waals surface area contributed by atoms with Crippen LogP contribution in [-0.2, 0) is 4.74 Å². The molecule has 2 aromatic rings. The van der Waals surface area contributed by atoms with E-state index in [2.05, 4.69) is 10.1 Å². The fourth-order valence-electron chi connectivity index (χ4n) is 1.75. The van der Waals surface area contributed by atoms with Crippen molar-refractivity contribution in [3.05, 3.63) is 53.3 Å². The molecule has 106 valence electrons. The Bertz CT molecular complexity index is 721. The smallest absolute Gasteiger partial charge is 0.340 e. The van der Waals surface area contributed by atoms with E-state index in [9.17, 15) is 9.18 Å². The molecule has 5 nitrogen and oxygen atoms in total. The maximum Gasteiger partial charge on any atom is 0.340 e. The van der Waals surface area contributed by atoms with E-state index in [0.29, 0.717) is 11.3 Å². The number of nitrogens with zero attached hydrogens (tertiary/aromatic N) is 1. The van der Waals surface area contributed by atoms with Gasteiger partial charge in [0.15, 0.2) is 0 Å². The van der Waals surface area contributed by atoms with Crippen LogP contribution in [0.2, 0.25) is 0 Å². The average Bonchev–Trinajstić information content (AvgIpc) is 2.50. The van der Waals surface area contributed by atoms with Crippen molar-refractivity contribution in [2.45, 2.75) is 0 Å². The fraction of sp³-hybridized carbons (Fsp3) is 0.0667. The Labute approximate surface area is 120 Å². The van der Waals surface area contributed by atoms with Gasteiger partial charge in [0, 0.05) is 11.4 Å². The molecule has 0 aliphatic carbocycles. The second-order valence-corrected chi connectivity index (χ2v) is 4.23. The molecule has 0 saturated heterocycles. The van der Waals surface area contributed by atoms with Crippen LogP contribution in [0, 0.1) is 17.1 Å². The van der Waals surface area contributed by atoms with Gasteiger partial charge in [-0.1, -0.05) is 0 Å². The Morgan fingerprint density at radius 1 is 1.33 bits per heavy atom. The number of benzene rings is 2. The normalized spacial score (nSPS) is 9.76. The molecular formula is C15H12FN3O2. The Morgan fingerprint density at radius 3 is 2.57 bits per heavy atom. The largest absolute Gasteiger partial charge is 0.465 e. The number of nitrogens with two attached hydrogens (primary N) is 1. The average molecular weight is 285 g/mol. The minimum absolute atomic E-state index is 0.00438. The highest BCUT2D eigenvalue weighted by Gasteiger charge is 2.14. The molecule has 0 amide bonds. The van der Waals surface area contributed by atoms with Gasteiger partial charge in [-0.15, -0.1) is 0 Å². The minimum Gasteiger partial charge on any atom is -0.465 e. The molecule has 21 heavy (non-hydrogen) atoms. The van der Waals surface area contributed by atoms with Crippen LogP contribution in [0.4, 0.5) is 21.5 Å². The van der Waals surface area contributed by atoms with Gasteiger partial charge < -0.3 is 15.8 Å². The van der Waals surface area contributed by atoms with Crippen LogP contribution < -0.4 is 11.1 Å². The third-order valence-corrected chi connectivity index (χ3v) is 2.84. The molecule has 0 bridgehead atoms. The predicted octanol–water partition coefficient (Wildman–Crippen LogP) is 2.81. The zero-order chi connectivity index (χ0) is 15.4.